The van der Waals surface area contributed by atoms with Gasteiger partial charge in [-0.15, -0.1) is 0 Å². The van der Waals surface area contributed by atoms with Crippen molar-refractivity contribution in [3.63, 3.8) is 0 Å². The Hall–Kier alpha value is -0.770. The van der Waals surface area contributed by atoms with Gasteiger partial charge in [-0.3, -0.25) is 0 Å². The number of carbonyl (C=O) groups excluding carboxylic acids is 1. The van der Waals surface area contributed by atoms with E-state index in [1.165, 1.54) is 12.1 Å². The number of aldehydes is 1. The molecule has 0 unspecified atom stereocenters. The molecule has 0 aliphatic carbocycles. The van der Waals surface area contributed by atoms with E-state index in [2.05, 4.69) is 15.9 Å². The Balaban J connectivity index is 0.000000261. The van der Waals surface area contributed by atoms with E-state index < -0.39 is 11.6 Å². The molecule has 4 heteroatoms. The van der Waals surface area contributed by atoms with Crippen LogP contribution in [0.25, 0.3) is 0 Å². The van der Waals surface area contributed by atoms with Crippen molar-refractivity contribution in [1.82, 2.24) is 0 Å². The van der Waals surface area contributed by atoms with E-state index in [1.54, 1.807) is 0 Å². The van der Waals surface area contributed by atoms with Gasteiger partial charge in [0.15, 0.2) is 11.6 Å². The number of hydrogen-bond donors (Lipinski definition) is 0. The lowest BCUT2D eigenvalue weighted by Gasteiger charge is -1.85. The van der Waals surface area contributed by atoms with Crippen molar-refractivity contribution in [3.8, 4) is 0 Å². The van der Waals surface area contributed by atoms with Crippen molar-refractivity contribution in [1.29, 1.82) is 0 Å². The topological polar surface area (TPSA) is 17.1 Å². The van der Waals surface area contributed by atoms with Crippen LogP contribution < -0.4 is 0 Å². The number of rotatable bonds is 1. The number of carbonyl (C=O) groups is 1. The van der Waals surface area contributed by atoms with Gasteiger partial charge in [0.1, 0.15) is 6.29 Å². The molecule has 0 aromatic heterocycles. The summed E-state index contributed by atoms with van der Waals surface area (Å²) in [6.45, 7) is 0. The fourth-order valence-corrected chi connectivity index (χ4v) is 0.439. The number of alkyl halides is 1. The molecule has 0 saturated heterocycles. The highest BCUT2D eigenvalue weighted by molar-refractivity contribution is 9.09. The Morgan fingerprint density at radius 2 is 1.58 bits per heavy atom. The lowest BCUT2D eigenvalue weighted by molar-refractivity contribution is -0.105. The van der Waals surface area contributed by atoms with Gasteiger partial charge >= 0.3 is 0 Å². The zero-order valence-electron chi connectivity index (χ0n) is 6.14. The van der Waals surface area contributed by atoms with Gasteiger partial charge in [-0.05, 0) is 12.1 Å². The SMILES string of the molecule is Fc1ccccc1F.O=CCBr. The first-order chi connectivity index (χ1) is 5.72. The van der Waals surface area contributed by atoms with Crippen molar-refractivity contribution in [3.05, 3.63) is 35.9 Å². The Bertz CT molecular complexity index is 219. The van der Waals surface area contributed by atoms with Crippen LogP contribution in [0.15, 0.2) is 24.3 Å². The van der Waals surface area contributed by atoms with E-state index in [1.807, 2.05) is 0 Å². The minimum absolute atomic E-state index is 0.451. The van der Waals surface area contributed by atoms with Crippen LogP contribution in [-0.4, -0.2) is 11.6 Å². The van der Waals surface area contributed by atoms with Crippen molar-refractivity contribution in [2.24, 2.45) is 0 Å². The molecule has 0 bridgehead atoms. The van der Waals surface area contributed by atoms with Crippen LogP contribution in [0.3, 0.4) is 0 Å². The van der Waals surface area contributed by atoms with Crippen LogP contribution in [0.2, 0.25) is 0 Å². The lowest BCUT2D eigenvalue weighted by Crippen LogP contribution is -1.77. The molecule has 0 aliphatic rings. The molecule has 1 nitrogen and oxygen atoms in total. The van der Waals surface area contributed by atoms with E-state index in [0.717, 1.165) is 18.4 Å². The molecule has 0 radical (unpaired) electrons. The summed E-state index contributed by atoms with van der Waals surface area (Å²) in [5, 5.41) is 0.451. The maximum Gasteiger partial charge on any atom is 0.158 e. The Morgan fingerprint density at radius 3 is 1.75 bits per heavy atom. The molecule has 0 fully saturated rings. The molecule has 0 spiro atoms. The fraction of sp³-hybridized carbons (Fsp3) is 0.125. The summed E-state index contributed by atoms with van der Waals surface area (Å²) < 4.78 is 23.9. The summed E-state index contributed by atoms with van der Waals surface area (Å²) in [7, 11) is 0. The second-order valence-electron chi connectivity index (χ2n) is 1.74. The minimum atomic E-state index is -0.799. The van der Waals surface area contributed by atoms with Crippen LogP contribution in [0.5, 0.6) is 0 Å². The van der Waals surface area contributed by atoms with Gasteiger partial charge in [-0.25, -0.2) is 8.78 Å². The average molecular weight is 237 g/mol. The van der Waals surface area contributed by atoms with Crippen LogP contribution >= 0.6 is 15.9 Å². The molecule has 12 heavy (non-hydrogen) atoms. The molecule has 66 valence electrons. The van der Waals surface area contributed by atoms with Gasteiger partial charge in [0.05, 0.1) is 5.33 Å². The zero-order chi connectivity index (χ0) is 9.40. The molecule has 0 saturated carbocycles. The summed E-state index contributed by atoms with van der Waals surface area (Å²) in [5.41, 5.74) is 0. The molecule has 0 amide bonds. The standard InChI is InChI=1S/C6H4F2.C2H3BrO/c7-5-3-1-2-4-6(5)8;3-1-2-4/h1-4H;2H,1H2. The van der Waals surface area contributed by atoms with Crippen molar-refractivity contribution in [2.45, 2.75) is 0 Å². The Labute approximate surface area is 77.5 Å². The fourth-order valence-electron chi connectivity index (χ4n) is 0.439. The monoisotopic (exact) mass is 236 g/mol. The maximum absolute atomic E-state index is 11.9. The predicted molar refractivity (Wildman–Crippen MR) is 46.2 cm³/mol. The van der Waals surface area contributed by atoms with Gasteiger partial charge in [0.2, 0.25) is 0 Å². The maximum atomic E-state index is 11.9. The van der Waals surface area contributed by atoms with Crippen molar-refractivity contribution >= 4 is 22.2 Å². The highest BCUT2D eigenvalue weighted by Gasteiger charge is 1.93. The third-order valence-corrected chi connectivity index (χ3v) is 1.15. The minimum Gasteiger partial charge on any atom is -0.302 e. The van der Waals surface area contributed by atoms with Gasteiger partial charge in [-0.1, -0.05) is 28.1 Å². The Morgan fingerprint density at radius 1 is 1.25 bits per heavy atom. The third-order valence-electron chi connectivity index (χ3n) is 0.887. The molecule has 1 rings (SSSR count). The summed E-state index contributed by atoms with van der Waals surface area (Å²) in [5.74, 6) is -1.60. The summed E-state index contributed by atoms with van der Waals surface area (Å²) >= 11 is 2.88. The third kappa shape index (κ3) is 4.96. The second-order valence-corrected chi connectivity index (χ2v) is 2.38. The molecule has 0 N–H and O–H groups in total. The van der Waals surface area contributed by atoms with Gasteiger partial charge in [0, 0.05) is 0 Å². The number of hydrogen-bond acceptors (Lipinski definition) is 1. The van der Waals surface area contributed by atoms with E-state index in [0.29, 0.717) is 5.33 Å². The molecule has 0 atom stereocenters. The van der Waals surface area contributed by atoms with Crippen LogP contribution in [0, 0.1) is 11.6 Å². The van der Waals surface area contributed by atoms with Gasteiger partial charge < -0.3 is 4.79 Å². The van der Waals surface area contributed by atoms with E-state index in [9.17, 15) is 8.78 Å². The normalized spacial score (nSPS) is 8.25. The van der Waals surface area contributed by atoms with E-state index in [-0.39, 0.29) is 0 Å². The first kappa shape index (κ1) is 11.2. The second kappa shape index (κ2) is 6.91. The molecule has 0 heterocycles. The average Bonchev–Trinajstić information content (AvgIpc) is 2.11. The summed E-state index contributed by atoms with van der Waals surface area (Å²) in [6.07, 6.45) is 0.792. The molecule has 1 aromatic carbocycles. The van der Waals surface area contributed by atoms with Crippen molar-refractivity contribution in [2.75, 3.05) is 5.33 Å². The first-order valence-electron chi connectivity index (χ1n) is 3.12. The summed E-state index contributed by atoms with van der Waals surface area (Å²) in [4.78, 5) is 9.13. The molecule has 1 aromatic rings. The highest BCUT2D eigenvalue weighted by Crippen LogP contribution is 2.01. The van der Waals surface area contributed by atoms with Gasteiger partial charge in [-0.2, -0.15) is 0 Å². The zero-order valence-corrected chi connectivity index (χ0v) is 7.72. The highest BCUT2D eigenvalue weighted by atomic mass is 79.9. The predicted octanol–water partition coefficient (Wildman–Crippen LogP) is 2.55. The first-order valence-corrected chi connectivity index (χ1v) is 4.24. The largest absolute Gasteiger partial charge is 0.302 e. The summed E-state index contributed by atoms with van der Waals surface area (Å²) in [6, 6.07) is 5.04. The quantitative estimate of drug-likeness (QED) is 0.541. The number of halogens is 3. The van der Waals surface area contributed by atoms with Crippen LogP contribution in [0.4, 0.5) is 8.78 Å². The van der Waals surface area contributed by atoms with E-state index in [4.69, 9.17) is 4.79 Å². The molecule has 0 aliphatic heterocycles. The Kier molecular flexibility index (Phi) is 6.47. The molecular weight excluding hydrogens is 230 g/mol. The number of benzene rings is 1. The van der Waals surface area contributed by atoms with E-state index >= 15 is 0 Å². The van der Waals surface area contributed by atoms with Gasteiger partial charge in [0.25, 0.3) is 0 Å². The van der Waals surface area contributed by atoms with Crippen LogP contribution in [0.1, 0.15) is 0 Å². The van der Waals surface area contributed by atoms with Crippen molar-refractivity contribution < 1.29 is 13.6 Å². The lowest BCUT2D eigenvalue weighted by atomic mass is 10.3. The molecular formula is C8H7BrF2O. The van der Waals surface area contributed by atoms with Crippen LogP contribution in [-0.2, 0) is 4.79 Å². The smallest absolute Gasteiger partial charge is 0.158 e.